The number of piperidine rings is 1. The highest BCUT2D eigenvalue weighted by molar-refractivity contribution is 5.76. The third-order valence-corrected chi connectivity index (χ3v) is 4.78. The molecule has 0 unspecified atom stereocenters. The van der Waals surface area contributed by atoms with Crippen LogP contribution >= 0.6 is 0 Å². The molecule has 1 atom stereocenters. The molecule has 3 rings (SSSR count). The fraction of sp³-hybridized carbons (Fsp3) is 0.500. The molecule has 1 aromatic carbocycles. The van der Waals surface area contributed by atoms with Crippen LogP contribution in [0.4, 0.5) is 0 Å². The molecule has 140 valence electrons. The van der Waals surface area contributed by atoms with Gasteiger partial charge in [-0.25, -0.2) is 0 Å². The van der Waals surface area contributed by atoms with Gasteiger partial charge in [0.25, 0.3) is 0 Å². The average Bonchev–Trinajstić information content (AvgIpc) is 3.10. The number of carbonyl (C=O) groups excluding carboxylic acids is 1. The summed E-state index contributed by atoms with van der Waals surface area (Å²) in [5.74, 6) is 2.19. The Bertz CT molecular complexity index is 729. The van der Waals surface area contributed by atoms with Crippen LogP contribution in [0.1, 0.15) is 24.8 Å². The van der Waals surface area contributed by atoms with Gasteiger partial charge < -0.3 is 14.4 Å². The summed E-state index contributed by atoms with van der Waals surface area (Å²) in [7, 11) is 3.54. The van der Waals surface area contributed by atoms with Gasteiger partial charge in [-0.1, -0.05) is 6.07 Å². The summed E-state index contributed by atoms with van der Waals surface area (Å²) in [6.45, 7) is 2.25. The van der Waals surface area contributed by atoms with Crippen molar-refractivity contribution in [3.63, 3.8) is 0 Å². The molecule has 1 saturated heterocycles. The zero-order valence-electron chi connectivity index (χ0n) is 15.6. The maximum atomic E-state index is 12.5. The van der Waals surface area contributed by atoms with Crippen LogP contribution in [0.5, 0.6) is 11.5 Å². The largest absolute Gasteiger partial charge is 0.497 e. The second kappa shape index (κ2) is 8.74. The Morgan fingerprint density at radius 2 is 2.19 bits per heavy atom. The van der Waals surface area contributed by atoms with Gasteiger partial charge in [0, 0.05) is 44.7 Å². The third-order valence-electron chi connectivity index (χ3n) is 4.78. The lowest BCUT2D eigenvalue weighted by Gasteiger charge is -2.32. The van der Waals surface area contributed by atoms with Crippen LogP contribution in [-0.4, -0.2) is 47.4 Å². The summed E-state index contributed by atoms with van der Waals surface area (Å²) in [6.07, 6.45) is 7.20. The molecule has 6 nitrogen and oxygen atoms in total. The van der Waals surface area contributed by atoms with Gasteiger partial charge in [-0.05, 0) is 37.0 Å². The number of ether oxygens (including phenoxy) is 2. The van der Waals surface area contributed by atoms with E-state index in [1.54, 1.807) is 11.8 Å². The number of likely N-dealkylation sites (tertiary alicyclic amines) is 1. The zero-order chi connectivity index (χ0) is 18.4. The van der Waals surface area contributed by atoms with E-state index in [4.69, 9.17) is 9.47 Å². The minimum atomic E-state index is 0.222. The van der Waals surface area contributed by atoms with Crippen molar-refractivity contribution in [2.24, 2.45) is 13.0 Å². The number of nitrogens with zero attached hydrogens (tertiary/aromatic N) is 3. The van der Waals surface area contributed by atoms with Crippen molar-refractivity contribution in [2.45, 2.75) is 25.7 Å². The van der Waals surface area contributed by atoms with E-state index in [2.05, 4.69) is 5.10 Å². The molecule has 0 aliphatic carbocycles. The summed E-state index contributed by atoms with van der Waals surface area (Å²) in [5, 5.41) is 4.15. The second-order valence-electron chi connectivity index (χ2n) is 6.86. The van der Waals surface area contributed by atoms with Crippen molar-refractivity contribution in [3.05, 3.63) is 42.2 Å². The quantitative estimate of drug-likeness (QED) is 0.764. The first-order valence-electron chi connectivity index (χ1n) is 9.16. The summed E-state index contributed by atoms with van der Waals surface area (Å²) in [6, 6.07) is 7.64. The highest BCUT2D eigenvalue weighted by atomic mass is 16.5. The molecule has 0 bridgehead atoms. The lowest BCUT2D eigenvalue weighted by Crippen LogP contribution is -2.41. The predicted molar refractivity (Wildman–Crippen MR) is 99.3 cm³/mol. The molecule has 1 aromatic heterocycles. The molecule has 0 spiro atoms. The highest BCUT2D eigenvalue weighted by Gasteiger charge is 2.24. The molecule has 1 aliphatic rings. The number of hydrogen-bond donors (Lipinski definition) is 0. The Labute approximate surface area is 154 Å². The number of aromatic nitrogens is 2. The second-order valence-corrected chi connectivity index (χ2v) is 6.86. The Morgan fingerprint density at radius 1 is 1.35 bits per heavy atom. The van der Waals surface area contributed by atoms with Crippen LogP contribution in [0.15, 0.2) is 36.7 Å². The topological polar surface area (TPSA) is 56.6 Å². The van der Waals surface area contributed by atoms with Crippen molar-refractivity contribution in [1.29, 1.82) is 0 Å². The number of rotatable bonds is 7. The molecule has 26 heavy (non-hydrogen) atoms. The fourth-order valence-corrected chi connectivity index (χ4v) is 3.34. The van der Waals surface area contributed by atoms with Crippen LogP contribution in [0.25, 0.3) is 0 Å². The van der Waals surface area contributed by atoms with Gasteiger partial charge in [0.2, 0.25) is 5.91 Å². The van der Waals surface area contributed by atoms with E-state index in [9.17, 15) is 4.79 Å². The monoisotopic (exact) mass is 357 g/mol. The first kappa shape index (κ1) is 18.3. The Kier molecular flexibility index (Phi) is 6.15. The van der Waals surface area contributed by atoms with E-state index in [-0.39, 0.29) is 5.91 Å². The minimum Gasteiger partial charge on any atom is -0.497 e. The van der Waals surface area contributed by atoms with Gasteiger partial charge in [0.1, 0.15) is 11.5 Å². The molecule has 2 heterocycles. The van der Waals surface area contributed by atoms with Gasteiger partial charge in [-0.15, -0.1) is 0 Å². The molecule has 2 aromatic rings. The van der Waals surface area contributed by atoms with E-state index < -0.39 is 0 Å². The lowest BCUT2D eigenvalue weighted by molar-refractivity contribution is -0.133. The van der Waals surface area contributed by atoms with Crippen LogP contribution in [0, 0.1) is 5.92 Å². The van der Waals surface area contributed by atoms with Gasteiger partial charge >= 0.3 is 0 Å². The van der Waals surface area contributed by atoms with E-state index in [1.807, 2.05) is 48.6 Å². The lowest BCUT2D eigenvalue weighted by atomic mass is 9.98. The van der Waals surface area contributed by atoms with Gasteiger partial charge in [-0.2, -0.15) is 5.10 Å². The number of benzene rings is 1. The Hall–Kier alpha value is -2.50. The minimum absolute atomic E-state index is 0.222. The van der Waals surface area contributed by atoms with Crippen LogP contribution < -0.4 is 9.47 Å². The summed E-state index contributed by atoms with van der Waals surface area (Å²) in [5.41, 5.74) is 1.11. The molecule has 0 N–H and O–H groups in total. The number of hydrogen-bond acceptors (Lipinski definition) is 4. The van der Waals surface area contributed by atoms with Gasteiger partial charge in [0.05, 0.1) is 19.9 Å². The Balaban J connectivity index is 1.46. The highest BCUT2D eigenvalue weighted by Crippen LogP contribution is 2.22. The summed E-state index contributed by atoms with van der Waals surface area (Å²) in [4.78, 5) is 14.5. The molecular formula is C20H27N3O3. The smallest absolute Gasteiger partial charge is 0.222 e. The number of aryl methyl sites for hydroxylation is 2. The number of methoxy groups -OCH3 is 1. The maximum absolute atomic E-state index is 12.5. The van der Waals surface area contributed by atoms with E-state index in [1.165, 1.54) is 0 Å². The summed E-state index contributed by atoms with van der Waals surface area (Å²) >= 11 is 0. The number of carbonyl (C=O) groups is 1. The SMILES string of the molecule is COc1cccc(OC[C@@H]2CCCN(C(=O)CCc3cnn(C)c3)C2)c1. The first-order chi connectivity index (χ1) is 12.6. The average molecular weight is 357 g/mol. The van der Waals surface area contributed by atoms with E-state index >= 15 is 0 Å². The molecular weight excluding hydrogens is 330 g/mol. The van der Waals surface area contributed by atoms with Crippen molar-refractivity contribution < 1.29 is 14.3 Å². The maximum Gasteiger partial charge on any atom is 0.222 e. The first-order valence-corrected chi connectivity index (χ1v) is 9.16. The van der Waals surface area contributed by atoms with E-state index in [0.29, 0.717) is 18.9 Å². The molecule has 0 saturated carbocycles. The third kappa shape index (κ3) is 5.00. The number of amides is 1. The van der Waals surface area contributed by atoms with Crippen LogP contribution in [0.2, 0.25) is 0 Å². The van der Waals surface area contributed by atoms with Crippen LogP contribution in [-0.2, 0) is 18.3 Å². The fourth-order valence-electron chi connectivity index (χ4n) is 3.34. The van der Waals surface area contributed by atoms with E-state index in [0.717, 1.165) is 49.4 Å². The molecule has 1 amide bonds. The van der Waals surface area contributed by atoms with Crippen molar-refractivity contribution in [1.82, 2.24) is 14.7 Å². The molecule has 0 radical (unpaired) electrons. The molecule has 6 heteroatoms. The van der Waals surface area contributed by atoms with Gasteiger partial charge in [-0.3, -0.25) is 9.48 Å². The molecule has 1 aliphatic heterocycles. The Morgan fingerprint density at radius 3 is 2.96 bits per heavy atom. The molecule has 1 fully saturated rings. The predicted octanol–water partition coefficient (Wildman–Crippen LogP) is 2.68. The normalized spacial score (nSPS) is 17.2. The van der Waals surface area contributed by atoms with Crippen LogP contribution in [0.3, 0.4) is 0 Å². The van der Waals surface area contributed by atoms with Gasteiger partial charge in [0.15, 0.2) is 0 Å². The van der Waals surface area contributed by atoms with Crippen molar-refractivity contribution in [2.75, 3.05) is 26.8 Å². The summed E-state index contributed by atoms with van der Waals surface area (Å²) < 4.78 is 12.9. The standard InChI is InChI=1S/C20H27N3O3/c1-22-13-16(12-21-22)8-9-20(24)23-10-4-5-17(14-23)15-26-19-7-3-6-18(11-19)25-2/h3,6-7,11-13,17H,4-5,8-10,14-15H2,1-2H3/t17-/m1/s1. The van der Waals surface area contributed by atoms with Crippen molar-refractivity contribution >= 4 is 5.91 Å². The zero-order valence-corrected chi connectivity index (χ0v) is 15.6. The van der Waals surface area contributed by atoms with Crippen molar-refractivity contribution in [3.8, 4) is 11.5 Å².